The number of rotatable bonds is 5. The number of carbonyl (C=O) groups excluding carboxylic acids is 1. The second-order valence-corrected chi connectivity index (χ2v) is 8.38. The molecule has 5 rings (SSSR count). The van der Waals surface area contributed by atoms with Crippen molar-refractivity contribution in [1.29, 1.82) is 0 Å². The summed E-state index contributed by atoms with van der Waals surface area (Å²) in [6.07, 6.45) is 9.95. The third-order valence-corrected chi connectivity index (χ3v) is 6.25. The van der Waals surface area contributed by atoms with Gasteiger partial charge in [-0.2, -0.15) is 5.10 Å². The first-order valence-corrected chi connectivity index (χ1v) is 10.9. The molecule has 1 amide bonds. The van der Waals surface area contributed by atoms with Crippen molar-refractivity contribution in [1.82, 2.24) is 29.2 Å². The number of amides is 1. The van der Waals surface area contributed by atoms with E-state index in [0.717, 1.165) is 28.8 Å². The number of aromatic nitrogens is 5. The van der Waals surface area contributed by atoms with Crippen molar-refractivity contribution in [2.24, 2.45) is 0 Å². The van der Waals surface area contributed by atoms with E-state index in [4.69, 9.17) is 4.98 Å². The van der Waals surface area contributed by atoms with Gasteiger partial charge in [0.05, 0.1) is 40.6 Å². The van der Waals surface area contributed by atoms with E-state index in [2.05, 4.69) is 14.6 Å². The summed E-state index contributed by atoms with van der Waals surface area (Å²) in [5.74, 6) is -0.0222. The number of piperidine rings is 1. The summed E-state index contributed by atoms with van der Waals surface area (Å²) in [5, 5.41) is 15.4. The van der Waals surface area contributed by atoms with Gasteiger partial charge in [-0.25, -0.2) is 4.98 Å². The van der Waals surface area contributed by atoms with Crippen LogP contribution >= 0.6 is 0 Å². The molecule has 1 aliphatic rings. The average Bonchev–Trinajstić information content (AvgIpc) is 3.46. The van der Waals surface area contributed by atoms with Crippen molar-refractivity contribution in [3.8, 4) is 11.3 Å². The fraction of sp³-hybridized carbons (Fsp3) is 0.333. The fourth-order valence-electron chi connectivity index (χ4n) is 4.33. The van der Waals surface area contributed by atoms with Gasteiger partial charge >= 0.3 is 0 Å². The highest BCUT2D eigenvalue weighted by Crippen LogP contribution is 2.28. The molecule has 0 spiro atoms. The minimum atomic E-state index is -0.861. The molecule has 8 heteroatoms. The van der Waals surface area contributed by atoms with Crippen molar-refractivity contribution in [3.63, 3.8) is 0 Å². The fourth-order valence-corrected chi connectivity index (χ4v) is 4.33. The standard InChI is InChI=1S/C24H26N6O2/c1-2-30-16-19(15-26-30)23(31)28-13-8-24(32,9-14-28)17-29-12-7-21-22(29)4-3-20(27-21)18-5-10-25-11-6-18/h3-7,10-12,15-16,32H,2,8-9,13-14,17H2,1H3. The Labute approximate surface area is 186 Å². The summed E-state index contributed by atoms with van der Waals surface area (Å²) < 4.78 is 3.81. The van der Waals surface area contributed by atoms with Crippen LogP contribution in [0.15, 0.2) is 61.3 Å². The number of aliphatic hydroxyl groups is 1. The lowest BCUT2D eigenvalue weighted by molar-refractivity contribution is -0.0283. The van der Waals surface area contributed by atoms with Crippen LogP contribution in [0.25, 0.3) is 22.3 Å². The van der Waals surface area contributed by atoms with E-state index in [1.165, 1.54) is 0 Å². The van der Waals surface area contributed by atoms with Gasteiger partial charge in [0, 0.05) is 50.0 Å². The lowest BCUT2D eigenvalue weighted by Gasteiger charge is -2.38. The second kappa shape index (κ2) is 8.20. The maximum absolute atomic E-state index is 12.8. The molecular weight excluding hydrogens is 404 g/mol. The van der Waals surface area contributed by atoms with E-state index < -0.39 is 5.60 Å². The lowest BCUT2D eigenvalue weighted by atomic mass is 9.91. The molecule has 0 aromatic carbocycles. The van der Waals surface area contributed by atoms with Gasteiger partial charge < -0.3 is 14.6 Å². The summed E-state index contributed by atoms with van der Waals surface area (Å²) in [4.78, 5) is 23.4. The maximum atomic E-state index is 12.8. The van der Waals surface area contributed by atoms with E-state index in [1.54, 1.807) is 29.5 Å². The van der Waals surface area contributed by atoms with Crippen molar-refractivity contribution in [3.05, 3.63) is 66.9 Å². The van der Waals surface area contributed by atoms with Gasteiger partial charge in [-0.15, -0.1) is 0 Å². The van der Waals surface area contributed by atoms with E-state index in [0.29, 0.717) is 38.0 Å². The van der Waals surface area contributed by atoms with Crippen LogP contribution in [-0.2, 0) is 13.1 Å². The molecule has 0 saturated carbocycles. The first kappa shape index (κ1) is 20.4. The molecule has 4 aromatic rings. The molecule has 0 unspecified atom stereocenters. The number of aryl methyl sites for hydroxylation is 1. The van der Waals surface area contributed by atoms with Crippen molar-refractivity contribution in [2.45, 2.75) is 38.5 Å². The normalized spacial score (nSPS) is 15.9. The molecule has 1 fully saturated rings. The largest absolute Gasteiger partial charge is 0.388 e. The predicted octanol–water partition coefficient (Wildman–Crippen LogP) is 2.98. The predicted molar refractivity (Wildman–Crippen MR) is 121 cm³/mol. The topological polar surface area (TPSA) is 89.1 Å². The molecule has 0 bridgehead atoms. The van der Waals surface area contributed by atoms with Crippen LogP contribution in [0, 0.1) is 0 Å². The smallest absolute Gasteiger partial charge is 0.257 e. The number of hydrogen-bond donors (Lipinski definition) is 1. The molecule has 164 valence electrons. The zero-order valence-corrected chi connectivity index (χ0v) is 18.1. The Hall–Kier alpha value is -3.52. The molecule has 0 atom stereocenters. The number of likely N-dealkylation sites (tertiary alicyclic amines) is 1. The maximum Gasteiger partial charge on any atom is 0.257 e. The number of carbonyl (C=O) groups is 1. The number of nitrogens with zero attached hydrogens (tertiary/aromatic N) is 6. The van der Waals surface area contributed by atoms with E-state index in [-0.39, 0.29) is 5.91 Å². The van der Waals surface area contributed by atoms with Crippen LogP contribution in [0.1, 0.15) is 30.1 Å². The number of hydrogen-bond acceptors (Lipinski definition) is 5. The average molecular weight is 431 g/mol. The first-order chi connectivity index (χ1) is 15.5. The molecule has 0 radical (unpaired) electrons. The summed E-state index contributed by atoms with van der Waals surface area (Å²) in [7, 11) is 0. The van der Waals surface area contributed by atoms with Crippen LogP contribution < -0.4 is 0 Å². The molecule has 4 aromatic heterocycles. The summed E-state index contributed by atoms with van der Waals surface area (Å²) in [5.41, 5.74) is 3.54. The Morgan fingerprint density at radius 3 is 2.62 bits per heavy atom. The van der Waals surface area contributed by atoms with Gasteiger partial charge in [0.15, 0.2) is 0 Å². The monoisotopic (exact) mass is 430 g/mol. The van der Waals surface area contributed by atoms with E-state index in [9.17, 15) is 9.90 Å². The molecule has 8 nitrogen and oxygen atoms in total. The quantitative estimate of drug-likeness (QED) is 0.526. The van der Waals surface area contributed by atoms with Crippen LogP contribution in [0.5, 0.6) is 0 Å². The van der Waals surface area contributed by atoms with Gasteiger partial charge in [0.25, 0.3) is 5.91 Å². The first-order valence-electron chi connectivity index (χ1n) is 10.9. The number of pyridine rings is 2. The van der Waals surface area contributed by atoms with Crippen molar-refractivity contribution >= 4 is 16.9 Å². The van der Waals surface area contributed by atoms with Gasteiger partial charge in [0.1, 0.15) is 0 Å². The molecule has 32 heavy (non-hydrogen) atoms. The van der Waals surface area contributed by atoms with Crippen LogP contribution in [-0.4, -0.2) is 58.9 Å². The van der Waals surface area contributed by atoms with E-state index >= 15 is 0 Å². The summed E-state index contributed by atoms with van der Waals surface area (Å²) >= 11 is 0. The highest BCUT2D eigenvalue weighted by atomic mass is 16.3. The van der Waals surface area contributed by atoms with Crippen LogP contribution in [0.4, 0.5) is 0 Å². The van der Waals surface area contributed by atoms with Gasteiger partial charge in [-0.3, -0.25) is 14.5 Å². The second-order valence-electron chi connectivity index (χ2n) is 8.38. The zero-order valence-electron chi connectivity index (χ0n) is 18.1. The molecule has 0 aliphatic carbocycles. The SMILES string of the molecule is CCn1cc(C(=O)N2CCC(O)(Cn3ccc4nc(-c5ccncc5)ccc43)CC2)cn1. The highest BCUT2D eigenvalue weighted by Gasteiger charge is 2.35. The molecule has 1 aliphatic heterocycles. The van der Waals surface area contributed by atoms with E-state index in [1.807, 2.05) is 48.4 Å². The third kappa shape index (κ3) is 3.89. The zero-order chi connectivity index (χ0) is 22.1. The summed E-state index contributed by atoms with van der Waals surface area (Å²) in [6, 6.07) is 9.90. The Morgan fingerprint density at radius 2 is 1.91 bits per heavy atom. The lowest BCUT2D eigenvalue weighted by Crippen LogP contribution is -2.48. The Balaban J connectivity index is 1.27. The van der Waals surface area contributed by atoms with Crippen LogP contribution in [0.2, 0.25) is 0 Å². The van der Waals surface area contributed by atoms with Gasteiger partial charge in [0.2, 0.25) is 0 Å². The third-order valence-electron chi connectivity index (χ3n) is 6.25. The molecule has 1 saturated heterocycles. The minimum Gasteiger partial charge on any atom is -0.388 e. The number of fused-ring (bicyclic) bond motifs is 1. The Bertz CT molecular complexity index is 1240. The van der Waals surface area contributed by atoms with Crippen molar-refractivity contribution in [2.75, 3.05) is 13.1 Å². The summed E-state index contributed by atoms with van der Waals surface area (Å²) in [6.45, 7) is 4.24. The Kier molecular flexibility index (Phi) is 5.22. The molecule has 1 N–H and O–H groups in total. The Morgan fingerprint density at radius 1 is 1.12 bits per heavy atom. The molecular formula is C24H26N6O2. The van der Waals surface area contributed by atoms with Gasteiger partial charge in [-0.05, 0) is 50.1 Å². The van der Waals surface area contributed by atoms with Crippen LogP contribution in [0.3, 0.4) is 0 Å². The highest BCUT2D eigenvalue weighted by molar-refractivity contribution is 5.93. The van der Waals surface area contributed by atoms with Crippen molar-refractivity contribution < 1.29 is 9.90 Å². The minimum absolute atomic E-state index is 0.0222. The van der Waals surface area contributed by atoms with Gasteiger partial charge in [-0.1, -0.05) is 0 Å². The molecule has 5 heterocycles.